The van der Waals surface area contributed by atoms with E-state index in [1.807, 2.05) is 36.4 Å². The van der Waals surface area contributed by atoms with Crippen molar-refractivity contribution in [1.82, 2.24) is 19.9 Å². The second kappa shape index (κ2) is 14.5. The van der Waals surface area contributed by atoms with Gasteiger partial charge < -0.3 is 10.0 Å². The Morgan fingerprint density at radius 2 is 1.37 bits per heavy atom. The number of aromatic hydroxyl groups is 1. The zero-order chi connectivity index (χ0) is 37.6. The zero-order valence-corrected chi connectivity index (χ0v) is 31.6. The number of amides is 1. The molecule has 0 radical (unpaired) electrons. The fourth-order valence-corrected chi connectivity index (χ4v) is 9.15. The highest BCUT2D eigenvalue weighted by Crippen LogP contribution is 2.65. The van der Waals surface area contributed by atoms with Gasteiger partial charge in [-0.1, -0.05) is 81.6 Å². The molecule has 5 heterocycles. The number of carbonyl (C=O) groups is 3. The van der Waals surface area contributed by atoms with Crippen molar-refractivity contribution in [1.29, 1.82) is 0 Å². The summed E-state index contributed by atoms with van der Waals surface area (Å²) in [6, 6.07) is 34.1. The van der Waals surface area contributed by atoms with Gasteiger partial charge in [0.2, 0.25) is 5.91 Å². The van der Waals surface area contributed by atoms with Gasteiger partial charge >= 0.3 is 0 Å². The number of rotatable bonds is 8. The minimum atomic E-state index is -1.43. The summed E-state index contributed by atoms with van der Waals surface area (Å²) in [6.45, 7) is 0. The maximum atomic E-state index is 15.9. The van der Waals surface area contributed by atoms with E-state index < -0.39 is 46.9 Å². The fraction of sp³-hybridized carbons (Fsp3) is 0.163. The number of ketones is 2. The Morgan fingerprint density at radius 1 is 0.741 bits per heavy atom. The first-order chi connectivity index (χ1) is 26.2. The normalized spacial score (nSPS) is 23.5. The topological polar surface area (TPSA) is 113 Å². The van der Waals surface area contributed by atoms with Crippen molar-refractivity contribution >= 4 is 56.6 Å². The second-order valence-corrected chi connectivity index (χ2v) is 15.3. The van der Waals surface area contributed by atoms with E-state index in [1.165, 1.54) is 12.1 Å². The van der Waals surface area contributed by atoms with Gasteiger partial charge in [0, 0.05) is 44.9 Å². The van der Waals surface area contributed by atoms with Crippen LogP contribution >= 0.6 is 39.1 Å². The molecule has 2 saturated heterocycles. The van der Waals surface area contributed by atoms with Crippen molar-refractivity contribution in [2.45, 2.75) is 29.8 Å². The lowest BCUT2D eigenvalue weighted by Gasteiger charge is -2.51. The minimum absolute atomic E-state index is 0.00373. The van der Waals surface area contributed by atoms with Crippen LogP contribution in [-0.2, 0) is 10.3 Å². The summed E-state index contributed by atoms with van der Waals surface area (Å²) in [5.41, 5.74) is 1.23. The van der Waals surface area contributed by atoms with Gasteiger partial charge in [-0.25, -0.2) is 0 Å². The van der Waals surface area contributed by atoms with Gasteiger partial charge in [-0.3, -0.25) is 29.3 Å². The van der Waals surface area contributed by atoms with Crippen molar-refractivity contribution < 1.29 is 19.5 Å². The van der Waals surface area contributed by atoms with Crippen LogP contribution in [0.5, 0.6) is 5.75 Å². The third-order valence-electron chi connectivity index (χ3n) is 10.7. The number of Topliss-reactive ketones (excluding diaryl/α,β-unsaturated/α-hetero) is 2. The molecule has 1 N–H and O–H groups in total. The summed E-state index contributed by atoms with van der Waals surface area (Å²) in [6.07, 6.45) is 4.98. The van der Waals surface area contributed by atoms with Crippen LogP contribution in [0.25, 0.3) is 0 Å². The van der Waals surface area contributed by atoms with Crippen LogP contribution in [0.2, 0.25) is 10.0 Å². The lowest BCUT2D eigenvalue weighted by atomic mass is 9.62. The lowest BCUT2D eigenvalue weighted by molar-refractivity contribution is -0.149. The number of piperidine rings is 1. The molecule has 0 spiro atoms. The van der Waals surface area contributed by atoms with Gasteiger partial charge in [0.1, 0.15) is 17.4 Å². The molecule has 2 aliphatic heterocycles. The van der Waals surface area contributed by atoms with Crippen LogP contribution in [0, 0.1) is 11.8 Å². The van der Waals surface area contributed by atoms with E-state index in [0.29, 0.717) is 31.5 Å². The number of hydrogen-bond acceptors (Lipinski definition) is 7. The lowest BCUT2D eigenvalue weighted by Crippen LogP contribution is -2.59. The molecule has 6 atom stereocenters. The predicted molar refractivity (Wildman–Crippen MR) is 208 cm³/mol. The molecule has 0 unspecified atom stereocenters. The SMILES string of the molecule is O=C(c1cc(Br)ccc1O)[C@H]1C(=O)N2[C@H](c3ccccn3)[C@@H](c3ccc(Cl)cc3)[C@H](C(=O)c3ccccn3)[C@@]2(c2ccccn2)C[C@@H]1c1ccc(Cl)cc1. The summed E-state index contributed by atoms with van der Waals surface area (Å²) < 4.78 is 0.564. The Balaban J connectivity index is 1.47. The van der Waals surface area contributed by atoms with Crippen LogP contribution in [-0.4, -0.2) is 42.4 Å². The number of nitrogens with zero attached hydrogens (tertiary/aromatic N) is 4. The molecule has 0 aliphatic carbocycles. The third-order valence-corrected chi connectivity index (χ3v) is 11.7. The average Bonchev–Trinajstić information content (AvgIpc) is 3.52. The second-order valence-electron chi connectivity index (χ2n) is 13.5. The maximum absolute atomic E-state index is 15.9. The van der Waals surface area contributed by atoms with Gasteiger partial charge in [0.25, 0.3) is 0 Å². The minimum Gasteiger partial charge on any atom is -0.507 e. The Bertz CT molecular complexity index is 2350. The number of aromatic nitrogens is 3. The monoisotopic (exact) mass is 816 g/mol. The first-order valence-electron chi connectivity index (χ1n) is 17.3. The molecule has 8 rings (SSSR count). The molecule has 2 aliphatic rings. The molecule has 8 nitrogen and oxygen atoms in total. The maximum Gasteiger partial charge on any atom is 0.235 e. The van der Waals surface area contributed by atoms with Crippen molar-refractivity contribution in [2.24, 2.45) is 11.8 Å². The number of pyridine rings is 3. The Morgan fingerprint density at radius 3 is 1.98 bits per heavy atom. The first-order valence-corrected chi connectivity index (χ1v) is 18.9. The highest BCUT2D eigenvalue weighted by molar-refractivity contribution is 9.10. The molecule has 3 aromatic carbocycles. The molecule has 1 amide bonds. The van der Waals surface area contributed by atoms with Gasteiger partial charge in [0.15, 0.2) is 11.6 Å². The molecular weight excluding hydrogens is 787 g/mol. The van der Waals surface area contributed by atoms with Gasteiger partial charge in [-0.05, 0) is 96.4 Å². The van der Waals surface area contributed by atoms with Crippen LogP contribution in [0.1, 0.15) is 67.7 Å². The number of fused-ring (bicyclic) bond motifs is 1. The van der Waals surface area contributed by atoms with Crippen molar-refractivity contribution in [3.05, 3.63) is 188 Å². The van der Waals surface area contributed by atoms with E-state index in [1.54, 1.807) is 96.3 Å². The van der Waals surface area contributed by atoms with Gasteiger partial charge in [0.05, 0.1) is 34.4 Å². The fourth-order valence-electron chi connectivity index (χ4n) is 8.54. The van der Waals surface area contributed by atoms with E-state index in [9.17, 15) is 9.90 Å². The van der Waals surface area contributed by atoms with Crippen molar-refractivity contribution in [2.75, 3.05) is 0 Å². The summed E-state index contributed by atoms with van der Waals surface area (Å²) >= 11 is 16.3. The highest BCUT2D eigenvalue weighted by Gasteiger charge is 2.69. The number of carbonyl (C=O) groups excluding carboxylic acids is 3. The molecule has 268 valence electrons. The number of halogens is 3. The van der Waals surface area contributed by atoms with Gasteiger partial charge in [-0.15, -0.1) is 0 Å². The average molecular weight is 819 g/mol. The van der Waals surface area contributed by atoms with Gasteiger partial charge in [-0.2, -0.15) is 0 Å². The largest absolute Gasteiger partial charge is 0.507 e. The van der Waals surface area contributed by atoms with Crippen molar-refractivity contribution in [3.63, 3.8) is 0 Å². The number of hydrogen-bond donors (Lipinski definition) is 1. The number of phenolic OH excluding ortho intramolecular Hbond substituents is 1. The summed E-state index contributed by atoms with van der Waals surface area (Å²) in [4.78, 5) is 62.3. The molecule has 0 bridgehead atoms. The molecule has 3 aromatic heterocycles. The Labute approximate surface area is 330 Å². The number of phenols is 1. The molecule has 6 aromatic rings. The van der Waals surface area contributed by atoms with Crippen LogP contribution in [0.15, 0.2) is 144 Å². The van der Waals surface area contributed by atoms with Crippen molar-refractivity contribution in [3.8, 4) is 5.75 Å². The quantitative estimate of drug-likeness (QED) is 0.120. The van der Waals surface area contributed by atoms with Crippen LogP contribution in [0.4, 0.5) is 0 Å². The summed E-state index contributed by atoms with van der Waals surface area (Å²) in [7, 11) is 0. The van der Waals surface area contributed by atoms with E-state index in [-0.39, 0.29) is 29.2 Å². The highest BCUT2D eigenvalue weighted by atomic mass is 79.9. The van der Waals surface area contributed by atoms with E-state index in [0.717, 1.165) is 5.56 Å². The van der Waals surface area contributed by atoms with E-state index in [2.05, 4.69) is 20.9 Å². The third kappa shape index (κ3) is 6.10. The van der Waals surface area contributed by atoms with E-state index in [4.69, 9.17) is 33.2 Å². The molecule has 2 fully saturated rings. The zero-order valence-electron chi connectivity index (χ0n) is 28.5. The number of benzene rings is 3. The summed E-state index contributed by atoms with van der Waals surface area (Å²) in [5, 5.41) is 12.0. The smallest absolute Gasteiger partial charge is 0.235 e. The molecule has 54 heavy (non-hydrogen) atoms. The predicted octanol–water partition coefficient (Wildman–Crippen LogP) is 9.39. The molecule has 0 saturated carbocycles. The van der Waals surface area contributed by atoms with Crippen LogP contribution in [0.3, 0.4) is 0 Å². The molecular formula is C43H31BrCl2N4O4. The summed E-state index contributed by atoms with van der Waals surface area (Å²) in [5.74, 6) is -5.40. The Kier molecular flexibility index (Phi) is 9.64. The standard InChI is InChI=1S/C43H31BrCl2N4O4/c44-27-14-19-34(51)30(23-27)40(52)37-31(25-10-15-28(45)16-11-25)24-43(35-9-3-6-22-49-35)38(41(53)33-8-2-5-21-48-33)36(26-12-17-29(46)18-13-26)39(50(43)42(37)54)32-7-1-4-20-47-32/h1-23,31,36-39,51H,24H2/t31-,36+,37+,38-,39-,43+/m1/s1. The van der Waals surface area contributed by atoms with E-state index >= 15 is 9.59 Å². The molecule has 11 heteroatoms. The Hall–Kier alpha value is -5.22. The first kappa shape index (κ1) is 35.8. The van der Waals surface area contributed by atoms with Crippen LogP contribution < -0.4 is 0 Å².